The highest BCUT2D eigenvalue weighted by Gasteiger charge is 2.30. The fourth-order valence-electron chi connectivity index (χ4n) is 2.88. The summed E-state index contributed by atoms with van der Waals surface area (Å²) in [5.41, 5.74) is 2.51. The van der Waals surface area contributed by atoms with Gasteiger partial charge in [-0.15, -0.1) is 0 Å². The molecular formula is C21H20N4O2. The summed E-state index contributed by atoms with van der Waals surface area (Å²) in [6.45, 7) is 0. The molecule has 0 spiro atoms. The van der Waals surface area contributed by atoms with Gasteiger partial charge in [-0.1, -0.05) is 30.3 Å². The number of hydrogen-bond acceptors (Lipinski definition) is 4. The van der Waals surface area contributed by atoms with E-state index in [0.29, 0.717) is 17.9 Å². The quantitative estimate of drug-likeness (QED) is 0.859. The summed E-state index contributed by atoms with van der Waals surface area (Å²) >= 11 is 0. The summed E-state index contributed by atoms with van der Waals surface area (Å²) in [4.78, 5) is 33.0. The van der Waals surface area contributed by atoms with E-state index in [1.54, 1.807) is 18.5 Å². The third-order valence-electron chi connectivity index (χ3n) is 4.59. The molecule has 0 saturated heterocycles. The van der Waals surface area contributed by atoms with Crippen molar-refractivity contribution in [1.82, 2.24) is 10.3 Å². The van der Waals surface area contributed by atoms with Gasteiger partial charge in [-0.25, -0.2) is 4.99 Å². The Kier molecular flexibility index (Phi) is 4.78. The number of aromatic nitrogens is 1. The van der Waals surface area contributed by atoms with Gasteiger partial charge in [-0.05, 0) is 37.5 Å². The number of hydrogen-bond donors (Lipinski definition) is 2. The van der Waals surface area contributed by atoms with Crippen molar-refractivity contribution in [2.75, 3.05) is 5.32 Å². The Bertz CT molecular complexity index is 900. The Labute approximate surface area is 157 Å². The second-order valence-corrected chi connectivity index (χ2v) is 6.76. The number of carbonyl (C=O) groups excluding carboxylic acids is 2. The molecule has 1 atom stereocenters. The second-order valence-electron chi connectivity index (χ2n) is 6.76. The summed E-state index contributed by atoms with van der Waals surface area (Å²) in [7, 11) is 0. The van der Waals surface area contributed by atoms with Crippen molar-refractivity contribution < 1.29 is 9.59 Å². The fourth-order valence-corrected chi connectivity index (χ4v) is 2.88. The molecule has 2 N–H and O–H groups in total. The predicted molar refractivity (Wildman–Crippen MR) is 104 cm³/mol. The van der Waals surface area contributed by atoms with Crippen LogP contribution >= 0.6 is 0 Å². The average Bonchev–Trinajstić information content (AvgIpc) is 3.55. The molecule has 1 saturated carbocycles. The van der Waals surface area contributed by atoms with Gasteiger partial charge in [0.1, 0.15) is 5.82 Å². The van der Waals surface area contributed by atoms with E-state index in [1.165, 1.54) is 0 Å². The van der Waals surface area contributed by atoms with Gasteiger partial charge in [0.2, 0.25) is 11.8 Å². The molecule has 2 aromatic rings. The van der Waals surface area contributed by atoms with Gasteiger partial charge in [0, 0.05) is 17.7 Å². The Morgan fingerprint density at radius 3 is 2.48 bits per heavy atom. The van der Waals surface area contributed by atoms with Gasteiger partial charge in [0.05, 0.1) is 23.5 Å². The van der Waals surface area contributed by atoms with Gasteiger partial charge in [0.25, 0.3) is 0 Å². The van der Waals surface area contributed by atoms with E-state index < -0.39 is 0 Å². The number of amides is 2. The molecule has 2 heterocycles. The Hall–Kier alpha value is -3.28. The second kappa shape index (κ2) is 7.53. The number of carbonyl (C=O) groups is 2. The summed E-state index contributed by atoms with van der Waals surface area (Å²) < 4.78 is 0. The van der Waals surface area contributed by atoms with Crippen LogP contribution < -0.4 is 10.6 Å². The van der Waals surface area contributed by atoms with Crippen molar-refractivity contribution >= 4 is 23.7 Å². The highest BCUT2D eigenvalue weighted by atomic mass is 16.2. The maximum Gasteiger partial charge on any atom is 0.231 e. The number of nitrogens with zero attached hydrogens (tertiary/aromatic N) is 2. The maximum absolute atomic E-state index is 12.5. The molecule has 0 bridgehead atoms. The third kappa shape index (κ3) is 4.28. The van der Waals surface area contributed by atoms with Crippen molar-refractivity contribution in [2.45, 2.75) is 19.3 Å². The number of aliphatic imine (C=N–C) groups is 1. The highest BCUT2D eigenvalue weighted by Crippen LogP contribution is 2.29. The van der Waals surface area contributed by atoms with Crippen LogP contribution in [0.1, 0.15) is 19.3 Å². The van der Waals surface area contributed by atoms with Crippen LogP contribution in [0, 0.1) is 11.8 Å². The number of pyridine rings is 1. The third-order valence-corrected chi connectivity index (χ3v) is 4.59. The molecule has 6 heteroatoms. The first-order valence-electron chi connectivity index (χ1n) is 9.06. The van der Waals surface area contributed by atoms with Crippen LogP contribution in [-0.2, 0) is 9.59 Å². The minimum absolute atomic E-state index is 0.0137. The van der Waals surface area contributed by atoms with Crippen LogP contribution in [0.25, 0.3) is 11.3 Å². The van der Waals surface area contributed by atoms with E-state index in [-0.39, 0.29) is 23.7 Å². The van der Waals surface area contributed by atoms with Gasteiger partial charge in [-0.3, -0.25) is 14.6 Å². The molecule has 1 unspecified atom stereocenters. The average molecular weight is 360 g/mol. The topological polar surface area (TPSA) is 83.5 Å². The zero-order valence-electron chi connectivity index (χ0n) is 14.8. The van der Waals surface area contributed by atoms with Crippen LogP contribution in [0.4, 0.5) is 5.69 Å². The van der Waals surface area contributed by atoms with Gasteiger partial charge in [-0.2, -0.15) is 0 Å². The molecular weight excluding hydrogens is 340 g/mol. The van der Waals surface area contributed by atoms with Crippen molar-refractivity contribution in [1.29, 1.82) is 0 Å². The monoisotopic (exact) mass is 360 g/mol. The molecule has 6 nitrogen and oxygen atoms in total. The molecule has 1 aromatic heterocycles. The lowest BCUT2D eigenvalue weighted by atomic mass is 10.0. The minimum atomic E-state index is -0.370. The van der Waals surface area contributed by atoms with Crippen LogP contribution in [-0.4, -0.2) is 23.0 Å². The van der Waals surface area contributed by atoms with E-state index >= 15 is 0 Å². The number of nitrogens with one attached hydrogen (secondary N) is 2. The standard InChI is InChI=1S/C21H20N4O2/c26-20(15-6-7-15)25-19-12-16(10-11-22-19)21(27)24-17-8-9-18(23-13-17)14-4-2-1-3-5-14/h1-5,8-9,11-13,15-16H,6-7,10H2,(H,24,27)(H,25,26). The highest BCUT2D eigenvalue weighted by molar-refractivity contribution is 5.95. The number of rotatable bonds is 5. The van der Waals surface area contributed by atoms with Crippen molar-refractivity contribution in [3.8, 4) is 11.3 Å². The van der Waals surface area contributed by atoms with E-state index in [9.17, 15) is 9.59 Å². The summed E-state index contributed by atoms with van der Waals surface area (Å²) in [6, 6.07) is 13.6. The smallest absolute Gasteiger partial charge is 0.231 e. The lowest BCUT2D eigenvalue weighted by Gasteiger charge is -2.16. The molecule has 1 aliphatic heterocycles. The summed E-state index contributed by atoms with van der Waals surface area (Å²) in [5, 5.41) is 5.67. The van der Waals surface area contributed by atoms with Crippen molar-refractivity contribution in [3.63, 3.8) is 0 Å². The Morgan fingerprint density at radius 1 is 0.963 bits per heavy atom. The predicted octanol–water partition coefficient (Wildman–Crippen LogP) is 3.15. The molecule has 1 fully saturated rings. The number of benzene rings is 1. The molecule has 27 heavy (non-hydrogen) atoms. The molecule has 2 amide bonds. The van der Waals surface area contributed by atoms with Gasteiger partial charge < -0.3 is 10.6 Å². The van der Waals surface area contributed by atoms with Gasteiger partial charge in [0.15, 0.2) is 0 Å². The van der Waals surface area contributed by atoms with E-state index in [1.807, 2.05) is 42.5 Å². The summed E-state index contributed by atoms with van der Waals surface area (Å²) in [6.07, 6.45) is 7.39. The Morgan fingerprint density at radius 2 is 1.78 bits per heavy atom. The molecule has 1 aromatic carbocycles. The fraction of sp³-hybridized carbons (Fsp3) is 0.238. The van der Waals surface area contributed by atoms with Crippen LogP contribution in [0.5, 0.6) is 0 Å². The zero-order valence-corrected chi connectivity index (χ0v) is 14.8. The maximum atomic E-state index is 12.5. The van der Waals surface area contributed by atoms with Gasteiger partial charge >= 0.3 is 0 Å². The van der Waals surface area contributed by atoms with Crippen LogP contribution in [0.3, 0.4) is 0 Å². The lowest BCUT2D eigenvalue weighted by Crippen LogP contribution is -2.29. The minimum Gasteiger partial charge on any atom is -0.324 e. The lowest BCUT2D eigenvalue weighted by molar-refractivity contribution is -0.122. The molecule has 136 valence electrons. The largest absolute Gasteiger partial charge is 0.324 e. The SMILES string of the molecule is O=C(Nc1ccc(-c2ccccc2)nc1)C1C=C(NC(=O)C2CC2)N=CC1. The number of anilines is 1. The van der Waals surface area contributed by atoms with E-state index in [0.717, 1.165) is 24.1 Å². The molecule has 2 aliphatic rings. The zero-order chi connectivity index (χ0) is 18.6. The first-order valence-corrected chi connectivity index (χ1v) is 9.06. The first-order chi connectivity index (χ1) is 13.2. The first kappa shape index (κ1) is 17.1. The molecule has 1 aliphatic carbocycles. The molecule has 0 radical (unpaired) electrons. The van der Waals surface area contributed by atoms with E-state index in [2.05, 4.69) is 20.6 Å². The van der Waals surface area contributed by atoms with E-state index in [4.69, 9.17) is 0 Å². The van der Waals surface area contributed by atoms with Crippen molar-refractivity contribution in [2.24, 2.45) is 16.8 Å². The van der Waals surface area contributed by atoms with Crippen LogP contribution in [0.2, 0.25) is 0 Å². The normalized spacial score (nSPS) is 18.5. The molecule has 4 rings (SSSR count). The Balaban J connectivity index is 1.39. The van der Waals surface area contributed by atoms with Crippen LogP contribution in [0.15, 0.2) is 65.6 Å². The summed E-state index contributed by atoms with van der Waals surface area (Å²) in [5.74, 6) is 0.0277. The van der Waals surface area contributed by atoms with Crippen molar-refractivity contribution in [3.05, 3.63) is 60.6 Å².